The maximum absolute atomic E-state index is 14.2. The van der Waals surface area contributed by atoms with Gasteiger partial charge in [-0.1, -0.05) is 84.1 Å². The van der Waals surface area contributed by atoms with Crippen LogP contribution < -0.4 is 24.4 Å². The van der Waals surface area contributed by atoms with E-state index in [4.69, 9.17) is 19.2 Å². The molecule has 0 unspecified atom stereocenters. The second kappa shape index (κ2) is 12.6. The summed E-state index contributed by atoms with van der Waals surface area (Å²) in [7, 11) is 1.58. The Morgan fingerprint density at radius 3 is 2.57 bits per heavy atom. The largest absolute Gasteiger partial charge is 0.493 e. The molecule has 7 nitrogen and oxygen atoms in total. The molecule has 6 rings (SSSR count). The van der Waals surface area contributed by atoms with Crippen molar-refractivity contribution >= 4 is 50.1 Å². The van der Waals surface area contributed by atoms with Gasteiger partial charge < -0.3 is 14.2 Å². The van der Waals surface area contributed by atoms with Gasteiger partial charge >= 0.3 is 5.97 Å². The fourth-order valence-electron chi connectivity index (χ4n) is 5.42. The standard InChI is InChI=1S/C35H29BrN2O5S/c1-4-42-34(40)30-21(2)37-35-38(31(30)26-16-10-14-24-13-8-9-15-25(24)26)33(39)29(44-35)19-23-17-27(36)32(28(18-23)41-3)43-20-22-11-6-5-7-12-22/h5-19,31H,4,20H2,1-3H3/b29-19+/t31-/m0/s1. The van der Waals surface area contributed by atoms with Crippen molar-refractivity contribution in [1.29, 1.82) is 0 Å². The van der Waals surface area contributed by atoms with Gasteiger partial charge in [0.05, 0.1) is 40.0 Å². The third-order valence-corrected chi connectivity index (χ3v) is 8.98. The van der Waals surface area contributed by atoms with Crippen LogP contribution in [0.1, 0.15) is 36.6 Å². The molecule has 0 fully saturated rings. The number of fused-ring (bicyclic) bond motifs is 2. The number of hydrogen-bond acceptors (Lipinski definition) is 7. The smallest absolute Gasteiger partial charge is 0.338 e. The minimum Gasteiger partial charge on any atom is -0.493 e. The summed E-state index contributed by atoms with van der Waals surface area (Å²) >= 11 is 4.91. The molecule has 0 saturated carbocycles. The molecule has 0 aliphatic carbocycles. The number of methoxy groups -OCH3 is 1. The van der Waals surface area contributed by atoms with Crippen molar-refractivity contribution in [2.75, 3.05) is 13.7 Å². The molecule has 0 N–H and O–H groups in total. The summed E-state index contributed by atoms with van der Waals surface area (Å²) in [6, 6.07) is 26.8. The zero-order valence-electron chi connectivity index (χ0n) is 24.4. The minimum atomic E-state index is -0.700. The summed E-state index contributed by atoms with van der Waals surface area (Å²) < 4.78 is 20.0. The van der Waals surface area contributed by atoms with Crippen LogP contribution >= 0.6 is 27.3 Å². The number of halogens is 1. The number of carbonyl (C=O) groups is 1. The highest BCUT2D eigenvalue weighted by atomic mass is 79.9. The average Bonchev–Trinajstić information content (AvgIpc) is 3.33. The Balaban J connectivity index is 1.47. The zero-order chi connectivity index (χ0) is 30.8. The Morgan fingerprint density at radius 1 is 1.05 bits per heavy atom. The second-order valence-corrected chi connectivity index (χ2v) is 12.0. The van der Waals surface area contributed by atoms with Gasteiger partial charge in [-0.3, -0.25) is 9.36 Å². The first-order chi connectivity index (χ1) is 21.4. The van der Waals surface area contributed by atoms with E-state index in [0.717, 1.165) is 27.5 Å². The summed E-state index contributed by atoms with van der Waals surface area (Å²) in [4.78, 5) is 32.7. The monoisotopic (exact) mass is 668 g/mol. The molecule has 1 aromatic heterocycles. The lowest BCUT2D eigenvalue weighted by Crippen LogP contribution is -2.40. The van der Waals surface area contributed by atoms with E-state index in [1.807, 2.05) is 91.0 Å². The molecule has 44 heavy (non-hydrogen) atoms. The molecule has 4 aromatic carbocycles. The van der Waals surface area contributed by atoms with Crippen LogP contribution in [-0.4, -0.2) is 24.3 Å². The topological polar surface area (TPSA) is 79.1 Å². The van der Waals surface area contributed by atoms with E-state index < -0.39 is 12.0 Å². The highest BCUT2D eigenvalue weighted by Crippen LogP contribution is 2.38. The number of carbonyl (C=O) groups excluding carboxylic acids is 1. The lowest BCUT2D eigenvalue weighted by molar-refractivity contribution is -0.139. The van der Waals surface area contributed by atoms with E-state index in [0.29, 0.717) is 43.2 Å². The van der Waals surface area contributed by atoms with Crippen molar-refractivity contribution in [2.45, 2.75) is 26.5 Å². The number of ether oxygens (including phenoxy) is 3. The molecule has 222 valence electrons. The molecule has 1 atom stereocenters. The van der Waals surface area contributed by atoms with Gasteiger partial charge in [-0.05, 0) is 75.4 Å². The quantitative estimate of drug-likeness (QED) is 0.181. The number of rotatable bonds is 8. The van der Waals surface area contributed by atoms with Gasteiger partial charge in [0.1, 0.15) is 6.61 Å². The fourth-order valence-corrected chi connectivity index (χ4v) is 7.04. The van der Waals surface area contributed by atoms with E-state index in [1.54, 1.807) is 25.5 Å². The fraction of sp³-hybridized carbons (Fsp3) is 0.171. The highest BCUT2D eigenvalue weighted by molar-refractivity contribution is 9.10. The summed E-state index contributed by atoms with van der Waals surface area (Å²) in [5.41, 5.74) is 3.24. The molecule has 2 heterocycles. The van der Waals surface area contributed by atoms with Gasteiger partial charge in [0.15, 0.2) is 16.3 Å². The van der Waals surface area contributed by atoms with Gasteiger partial charge in [-0.15, -0.1) is 0 Å². The molecular weight excluding hydrogens is 640 g/mol. The predicted molar refractivity (Wildman–Crippen MR) is 176 cm³/mol. The molecule has 1 aliphatic heterocycles. The molecule has 0 bridgehead atoms. The Kier molecular flexibility index (Phi) is 8.50. The number of aromatic nitrogens is 1. The molecule has 0 radical (unpaired) electrons. The summed E-state index contributed by atoms with van der Waals surface area (Å²) in [5, 5.41) is 1.96. The lowest BCUT2D eigenvalue weighted by atomic mass is 9.91. The number of nitrogens with zero attached hydrogens (tertiary/aromatic N) is 2. The average molecular weight is 670 g/mol. The van der Waals surface area contributed by atoms with Gasteiger partial charge in [-0.2, -0.15) is 0 Å². The minimum absolute atomic E-state index is 0.212. The van der Waals surface area contributed by atoms with Gasteiger partial charge in [0.2, 0.25) is 0 Å². The lowest BCUT2D eigenvalue weighted by Gasteiger charge is -2.25. The molecule has 0 spiro atoms. The van der Waals surface area contributed by atoms with Crippen LogP contribution in [0, 0.1) is 0 Å². The van der Waals surface area contributed by atoms with E-state index in [9.17, 15) is 9.59 Å². The number of benzene rings is 4. The first-order valence-electron chi connectivity index (χ1n) is 14.1. The maximum Gasteiger partial charge on any atom is 0.338 e. The molecule has 5 aromatic rings. The van der Waals surface area contributed by atoms with Crippen molar-refractivity contribution in [3.8, 4) is 11.5 Å². The molecule has 9 heteroatoms. The van der Waals surface area contributed by atoms with Crippen LogP contribution in [0.4, 0.5) is 0 Å². The van der Waals surface area contributed by atoms with Crippen molar-refractivity contribution in [3.63, 3.8) is 0 Å². The van der Waals surface area contributed by atoms with Crippen molar-refractivity contribution in [2.24, 2.45) is 4.99 Å². The highest BCUT2D eigenvalue weighted by Gasteiger charge is 2.34. The van der Waals surface area contributed by atoms with E-state index in [1.165, 1.54) is 11.3 Å². The molecule has 0 amide bonds. The Hall–Kier alpha value is -4.47. The van der Waals surface area contributed by atoms with Crippen LogP contribution in [0.15, 0.2) is 110 Å². The first kappa shape index (κ1) is 29.6. The Labute approximate surface area is 266 Å². The van der Waals surface area contributed by atoms with Crippen LogP contribution in [0.25, 0.3) is 16.8 Å². The van der Waals surface area contributed by atoms with E-state index >= 15 is 0 Å². The number of hydrogen-bond donors (Lipinski definition) is 0. The van der Waals surface area contributed by atoms with Crippen LogP contribution in [0.5, 0.6) is 11.5 Å². The van der Waals surface area contributed by atoms with Crippen molar-refractivity contribution in [3.05, 3.63) is 137 Å². The van der Waals surface area contributed by atoms with Crippen LogP contribution in [0.3, 0.4) is 0 Å². The van der Waals surface area contributed by atoms with Crippen LogP contribution in [0.2, 0.25) is 0 Å². The van der Waals surface area contributed by atoms with Gasteiger partial charge in [-0.25, -0.2) is 9.79 Å². The molecule has 1 aliphatic rings. The predicted octanol–water partition coefficient (Wildman–Crippen LogP) is 6.30. The Bertz CT molecular complexity index is 2090. The summed E-state index contributed by atoms with van der Waals surface area (Å²) in [6.07, 6.45) is 1.81. The normalized spacial score (nSPS) is 14.7. The van der Waals surface area contributed by atoms with Crippen molar-refractivity contribution < 1.29 is 19.0 Å². The zero-order valence-corrected chi connectivity index (χ0v) is 26.8. The second-order valence-electron chi connectivity index (χ2n) is 10.2. The van der Waals surface area contributed by atoms with E-state index in [-0.39, 0.29) is 12.2 Å². The SMILES string of the molecule is CCOC(=O)C1=C(C)N=c2s/c(=C/c3cc(Br)c(OCc4ccccc4)c(OC)c3)c(=O)n2[C@H]1c1cccc2ccccc12. The van der Waals surface area contributed by atoms with E-state index in [2.05, 4.69) is 15.9 Å². The van der Waals surface area contributed by atoms with Gasteiger partial charge in [0, 0.05) is 0 Å². The van der Waals surface area contributed by atoms with Crippen molar-refractivity contribution in [1.82, 2.24) is 4.57 Å². The molecule has 0 saturated heterocycles. The summed E-state index contributed by atoms with van der Waals surface area (Å²) in [5.74, 6) is 0.616. The number of allylic oxidation sites excluding steroid dienone is 1. The number of esters is 1. The first-order valence-corrected chi connectivity index (χ1v) is 15.7. The number of thiazole rings is 1. The maximum atomic E-state index is 14.2. The van der Waals surface area contributed by atoms with Gasteiger partial charge in [0.25, 0.3) is 5.56 Å². The summed E-state index contributed by atoms with van der Waals surface area (Å²) in [6.45, 7) is 4.14. The third-order valence-electron chi connectivity index (χ3n) is 7.41. The Morgan fingerprint density at radius 2 is 1.80 bits per heavy atom. The molecular formula is C35H29BrN2O5S. The third kappa shape index (κ3) is 5.60. The van der Waals surface area contributed by atoms with Crippen LogP contribution in [-0.2, 0) is 16.1 Å².